The Bertz CT molecular complexity index is 866. The van der Waals surface area contributed by atoms with Crippen molar-refractivity contribution in [3.8, 4) is 11.5 Å². The first-order valence-corrected chi connectivity index (χ1v) is 9.22. The fourth-order valence-corrected chi connectivity index (χ4v) is 4.28. The highest BCUT2D eigenvalue weighted by atomic mass is 79.9. The Morgan fingerprint density at radius 3 is 2.50 bits per heavy atom. The van der Waals surface area contributed by atoms with Crippen molar-refractivity contribution in [1.29, 1.82) is 0 Å². The van der Waals surface area contributed by atoms with Gasteiger partial charge in [-0.3, -0.25) is 14.9 Å². The van der Waals surface area contributed by atoms with E-state index in [1.165, 1.54) is 18.3 Å². The zero-order valence-corrected chi connectivity index (χ0v) is 17.5. The summed E-state index contributed by atoms with van der Waals surface area (Å²) in [6.07, 6.45) is 1.24. The van der Waals surface area contributed by atoms with Crippen molar-refractivity contribution in [2.45, 2.75) is 0 Å². The molecule has 0 bridgehead atoms. The van der Waals surface area contributed by atoms with Gasteiger partial charge in [-0.25, -0.2) is 5.43 Å². The summed E-state index contributed by atoms with van der Waals surface area (Å²) in [6.45, 7) is -0.276. The number of nitrogens with one attached hydrogen (secondary N) is 1. The summed E-state index contributed by atoms with van der Waals surface area (Å²) in [5.74, 6) is -0.528. The van der Waals surface area contributed by atoms with Gasteiger partial charge in [0.2, 0.25) is 0 Å². The van der Waals surface area contributed by atoms with Crippen molar-refractivity contribution >= 4 is 65.6 Å². The molecule has 0 atom stereocenters. The van der Waals surface area contributed by atoms with Crippen LogP contribution in [0.1, 0.15) is 5.56 Å². The van der Waals surface area contributed by atoms with Crippen molar-refractivity contribution in [2.75, 3.05) is 6.61 Å². The van der Waals surface area contributed by atoms with Crippen LogP contribution in [0.15, 0.2) is 48.9 Å². The lowest BCUT2D eigenvalue weighted by molar-refractivity contribution is -0.385. The summed E-state index contributed by atoms with van der Waals surface area (Å²) in [6, 6.07) is 7.25. The van der Waals surface area contributed by atoms with Gasteiger partial charge in [0, 0.05) is 10.5 Å². The molecule has 2 rings (SSSR count). The molecular formula is C15H10Br3N3O5. The number of nitro benzene ring substituents is 1. The second-order valence-corrected chi connectivity index (χ2v) is 7.41. The first-order chi connectivity index (χ1) is 12.3. The molecule has 26 heavy (non-hydrogen) atoms. The molecule has 0 aliphatic carbocycles. The molecule has 0 saturated carbocycles. The SMILES string of the molecule is O=C(COc1c(Br)cc(Br)cc1Br)N/N=C/c1ccc([N+](=O)[O-])c(O)c1. The molecule has 11 heteroatoms. The number of phenols is 1. The van der Waals surface area contributed by atoms with E-state index in [0.717, 1.165) is 10.5 Å². The average Bonchev–Trinajstić information content (AvgIpc) is 2.53. The predicted octanol–water partition coefficient (Wildman–Crippen LogP) is 4.12. The highest BCUT2D eigenvalue weighted by Crippen LogP contribution is 2.36. The van der Waals surface area contributed by atoms with E-state index in [4.69, 9.17) is 4.74 Å². The lowest BCUT2D eigenvalue weighted by atomic mass is 10.2. The number of nitro groups is 1. The zero-order valence-electron chi connectivity index (χ0n) is 12.8. The molecule has 1 amide bonds. The Kier molecular flexibility index (Phi) is 7.12. The summed E-state index contributed by atoms with van der Waals surface area (Å²) >= 11 is 10.0. The van der Waals surface area contributed by atoms with Gasteiger partial charge >= 0.3 is 5.69 Å². The maximum absolute atomic E-state index is 11.8. The molecule has 0 spiro atoms. The molecule has 0 fully saturated rings. The van der Waals surface area contributed by atoms with E-state index in [2.05, 4.69) is 58.3 Å². The molecule has 8 nitrogen and oxygen atoms in total. The molecule has 0 aromatic heterocycles. The van der Waals surface area contributed by atoms with Crippen molar-refractivity contribution in [3.05, 3.63) is 59.4 Å². The van der Waals surface area contributed by atoms with Crippen molar-refractivity contribution in [3.63, 3.8) is 0 Å². The molecule has 2 aromatic rings. The molecule has 0 heterocycles. The van der Waals surface area contributed by atoms with Crippen LogP contribution in [-0.4, -0.2) is 28.8 Å². The fourth-order valence-electron chi connectivity index (χ4n) is 1.79. The van der Waals surface area contributed by atoms with Gasteiger partial charge in [-0.15, -0.1) is 0 Å². The minimum absolute atomic E-state index is 0.276. The number of rotatable bonds is 6. The van der Waals surface area contributed by atoms with Gasteiger partial charge in [0.25, 0.3) is 5.91 Å². The number of hydrazone groups is 1. The van der Waals surface area contributed by atoms with Crippen molar-refractivity contribution < 1.29 is 19.6 Å². The van der Waals surface area contributed by atoms with E-state index in [0.29, 0.717) is 20.3 Å². The largest absolute Gasteiger partial charge is 0.502 e. The van der Waals surface area contributed by atoms with Crippen molar-refractivity contribution in [1.82, 2.24) is 5.43 Å². The maximum atomic E-state index is 11.8. The lowest BCUT2D eigenvalue weighted by Gasteiger charge is -2.09. The zero-order chi connectivity index (χ0) is 19.3. The number of amides is 1. The minimum atomic E-state index is -0.701. The van der Waals surface area contributed by atoms with Crippen LogP contribution in [-0.2, 0) is 4.79 Å². The smallest absolute Gasteiger partial charge is 0.310 e. The number of halogens is 3. The van der Waals surface area contributed by atoms with Crippen LogP contribution in [0.5, 0.6) is 11.5 Å². The molecule has 136 valence electrons. The van der Waals surface area contributed by atoms with Gasteiger partial charge in [-0.1, -0.05) is 15.9 Å². The van der Waals surface area contributed by atoms with E-state index in [1.54, 1.807) is 12.1 Å². The number of nitrogens with zero attached hydrogens (tertiary/aromatic N) is 2. The second-order valence-electron chi connectivity index (χ2n) is 4.79. The Morgan fingerprint density at radius 2 is 1.92 bits per heavy atom. The Balaban J connectivity index is 1.92. The van der Waals surface area contributed by atoms with Gasteiger partial charge in [-0.2, -0.15) is 5.10 Å². The van der Waals surface area contributed by atoms with Gasteiger partial charge in [0.1, 0.15) is 5.75 Å². The molecule has 0 radical (unpaired) electrons. The van der Waals surface area contributed by atoms with Crippen LogP contribution in [0.3, 0.4) is 0 Å². The highest BCUT2D eigenvalue weighted by Gasteiger charge is 2.12. The quantitative estimate of drug-likeness (QED) is 0.318. The third kappa shape index (κ3) is 5.51. The number of carbonyl (C=O) groups is 1. The molecule has 0 unspecified atom stereocenters. The Labute approximate surface area is 172 Å². The fraction of sp³-hybridized carbons (Fsp3) is 0.0667. The summed E-state index contributed by atoms with van der Waals surface area (Å²) < 4.78 is 7.60. The molecule has 2 aromatic carbocycles. The first kappa shape index (κ1) is 20.3. The van der Waals surface area contributed by atoms with Crippen LogP contribution in [0.25, 0.3) is 0 Å². The van der Waals surface area contributed by atoms with E-state index >= 15 is 0 Å². The number of ether oxygens (including phenoxy) is 1. The highest BCUT2D eigenvalue weighted by molar-refractivity contribution is 9.11. The van der Waals surface area contributed by atoms with Gasteiger partial charge < -0.3 is 9.84 Å². The number of hydrogen-bond acceptors (Lipinski definition) is 6. The normalized spacial score (nSPS) is 10.7. The van der Waals surface area contributed by atoms with E-state index in [1.807, 2.05) is 0 Å². The number of aromatic hydroxyl groups is 1. The minimum Gasteiger partial charge on any atom is -0.502 e. The lowest BCUT2D eigenvalue weighted by Crippen LogP contribution is -2.24. The summed E-state index contributed by atoms with van der Waals surface area (Å²) in [4.78, 5) is 21.7. The predicted molar refractivity (Wildman–Crippen MR) is 106 cm³/mol. The Morgan fingerprint density at radius 1 is 1.27 bits per heavy atom. The van der Waals surface area contributed by atoms with Gasteiger partial charge in [0.05, 0.1) is 20.1 Å². The van der Waals surface area contributed by atoms with Crippen LogP contribution in [0.4, 0.5) is 5.69 Å². The number of hydrogen-bond donors (Lipinski definition) is 2. The third-order valence-electron chi connectivity index (χ3n) is 2.91. The number of phenolic OH excluding ortho intramolecular Hbond substituents is 1. The first-order valence-electron chi connectivity index (χ1n) is 6.84. The van der Waals surface area contributed by atoms with E-state index < -0.39 is 22.3 Å². The number of benzene rings is 2. The average molecular weight is 552 g/mol. The standard InChI is InChI=1S/C15H10Br3N3O5/c16-9-4-10(17)15(11(18)5-9)26-7-14(23)20-19-6-8-1-2-12(21(24)25)13(22)3-8/h1-6,22H,7H2,(H,20,23)/b19-6+. The van der Waals surface area contributed by atoms with Gasteiger partial charge in [-0.05, 0) is 61.7 Å². The van der Waals surface area contributed by atoms with Gasteiger partial charge in [0.15, 0.2) is 12.4 Å². The van der Waals surface area contributed by atoms with E-state index in [9.17, 15) is 20.0 Å². The number of carbonyl (C=O) groups excluding carboxylic acids is 1. The Hall–Kier alpha value is -1.98. The third-order valence-corrected chi connectivity index (χ3v) is 4.55. The molecular weight excluding hydrogens is 542 g/mol. The maximum Gasteiger partial charge on any atom is 0.310 e. The monoisotopic (exact) mass is 549 g/mol. The summed E-state index contributed by atoms with van der Waals surface area (Å²) in [5, 5.41) is 23.9. The van der Waals surface area contributed by atoms with E-state index in [-0.39, 0.29) is 6.61 Å². The summed E-state index contributed by atoms with van der Waals surface area (Å²) in [7, 11) is 0. The van der Waals surface area contributed by atoms with Crippen LogP contribution in [0, 0.1) is 10.1 Å². The topological polar surface area (TPSA) is 114 Å². The molecule has 0 saturated heterocycles. The van der Waals surface area contributed by atoms with Crippen LogP contribution < -0.4 is 10.2 Å². The van der Waals surface area contributed by atoms with Crippen LogP contribution in [0.2, 0.25) is 0 Å². The molecule has 0 aliphatic heterocycles. The second kappa shape index (κ2) is 9.10. The van der Waals surface area contributed by atoms with Crippen LogP contribution >= 0.6 is 47.8 Å². The molecule has 0 aliphatic rings. The van der Waals surface area contributed by atoms with Crippen molar-refractivity contribution in [2.24, 2.45) is 5.10 Å². The molecule has 2 N–H and O–H groups in total. The summed E-state index contributed by atoms with van der Waals surface area (Å²) in [5.41, 5.74) is 2.23.